The van der Waals surface area contributed by atoms with Crippen molar-refractivity contribution < 1.29 is 19.0 Å². The van der Waals surface area contributed by atoms with Crippen LogP contribution in [0.2, 0.25) is 0 Å². The van der Waals surface area contributed by atoms with Crippen molar-refractivity contribution >= 4 is 17.5 Å². The SMILES string of the molecule is COc1ccc(OCCN2C(=O)COc3ccc(N)nc32)cc1. The summed E-state index contributed by atoms with van der Waals surface area (Å²) in [4.78, 5) is 17.7. The molecule has 0 spiro atoms. The molecule has 0 saturated heterocycles. The molecule has 0 bridgehead atoms. The summed E-state index contributed by atoms with van der Waals surface area (Å²) in [6.45, 7) is 0.673. The molecule has 2 aromatic rings. The molecular formula is C16H17N3O4. The molecule has 7 heteroatoms. The third-order valence-electron chi connectivity index (χ3n) is 3.41. The van der Waals surface area contributed by atoms with Crippen LogP contribution in [-0.2, 0) is 4.79 Å². The van der Waals surface area contributed by atoms with Crippen LogP contribution in [0.15, 0.2) is 36.4 Å². The summed E-state index contributed by atoms with van der Waals surface area (Å²) in [5.41, 5.74) is 5.69. The van der Waals surface area contributed by atoms with E-state index in [-0.39, 0.29) is 12.5 Å². The van der Waals surface area contributed by atoms with Gasteiger partial charge in [-0.05, 0) is 36.4 Å². The zero-order valence-corrected chi connectivity index (χ0v) is 12.7. The number of pyridine rings is 1. The molecule has 0 fully saturated rings. The van der Waals surface area contributed by atoms with E-state index < -0.39 is 0 Å². The molecule has 0 unspecified atom stereocenters. The Balaban J connectivity index is 1.65. The number of nitrogens with two attached hydrogens (primary N) is 1. The normalized spacial score (nSPS) is 13.3. The van der Waals surface area contributed by atoms with Gasteiger partial charge in [-0.25, -0.2) is 4.98 Å². The third-order valence-corrected chi connectivity index (χ3v) is 3.41. The van der Waals surface area contributed by atoms with Crippen molar-refractivity contribution in [1.29, 1.82) is 0 Å². The van der Waals surface area contributed by atoms with Gasteiger partial charge in [0.2, 0.25) is 0 Å². The van der Waals surface area contributed by atoms with Crippen molar-refractivity contribution in [3.05, 3.63) is 36.4 Å². The molecule has 3 rings (SSSR count). The molecule has 0 aliphatic carbocycles. The molecule has 2 heterocycles. The maximum absolute atomic E-state index is 12.0. The fourth-order valence-corrected chi connectivity index (χ4v) is 2.25. The highest BCUT2D eigenvalue weighted by Crippen LogP contribution is 2.30. The Hall–Kier alpha value is -2.96. The van der Waals surface area contributed by atoms with Gasteiger partial charge in [-0.3, -0.25) is 9.69 Å². The molecule has 2 N–H and O–H groups in total. The lowest BCUT2D eigenvalue weighted by Crippen LogP contribution is -2.41. The second-order valence-corrected chi connectivity index (χ2v) is 4.92. The number of carbonyl (C=O) groups is 1. The monoisotopic (exact) mass is 315 g/mol. The topological polar surface area (TPSA) is 86.9 Å². The van der Waals surface area contributed by atoms with E-state index in [1.807, 2.05) is 24.3 Å². The molecule has 0 radical (unpaired) electrons. The summed E-state index contributed by atoms with van der Waals surface area (Å²) >= 11 is 0. The molecule has 120 valence electrons. The van der Waals surface area contributed by atoms with Crippen molar-refractivity contribution in [3.8, 4) is 17.2 Å². The molecule has 0 atom stereocenters. The number of benzene rings is 1. The van der Waals surface area contributed by atoms with Crippen LogP contribution in [-0.4, -0.2) is 37.8 Å². The van der Waals surface area contributed by atoms with Crippen LogP contribution < -0.4 is 24.8 Å². The number of rotatable bonds is 5. The number of nitrogens with zero attached hydrogens (tertiary/aromatic N) is 2. The van der Waals surface area contributed by atoms with E-state index in [1.165, 1.54) is 4.90 Å². The van der Waals surface area contributed by atoms with E-state index in [0.29, 0.717) is 36.3 Å². The molecule has 1 aliphatic rings. The number of amides is 1. The molecule has 0 saturated carbocycles. The van der Waals surface area contributed by atoms with Gasteiger partial charge in [-0.1, -0.05) is 0 Å². The standard InChI is InChI=1S/C16H17N3O4/c1-21-11-2-4-12(5-3-11)22-9-8-19-15(20)10-23-13-6-7-14(17)18-16(13)19/h2-7H,8-10H2,1H3,(H2,17,18). The number of hydrogen-bond donors (Lipinski definition) is 1. The van der Waals surface area contributed by atoms with Crippen molar-refractivity contribution in [2.24, 2.45) is 0 Å². The average molecular weight is 315 g/mol. The largest absolute Gasteiger partial charge is 0.497 e. The first kappa shape index (κ1) is 15.0. The number of carbonyl (C=O) groups excluding carboxylic acids is 1. The molecule has 1 aromatic heterocycles. The van der Waals surface area contributed by atoms with Gasteiger partial charge in [-0.15, -0.1) is 0 Å². The van der Waals surface area contributed by atoms with E-state index in [4.69, 9.17) is 19.9 Å². The predicted octanol–water partition coefficient (Wildman–Crippen LogP) is 1.48. The van der Waals surface area contributed by atoms with Crippen molar-refractivity contribution in [2.75, 3.05) is 37.5 Å². The lowest BCUT2D eigenvalue weighted by molar-refractivity contribution is -0.121. The van der Waals surface area contributed by atoms with Gasteiger partial charge in [0, 0.05) is 0 Å². The number of ether oxygens (including phenoxy) is 3. The second-order valence-electron chi connectivity index (χ2n) is 4.92. The van der Waals surface area contributed by atoms with E-state index in [0.717, 1.165) is 5.75 Å². The fraction of sp³-hybridized carbons (Fsp3) is 0.250. The number of fused-ring (bicyclic) bond motifs is 1. The molecule has 1 aliphatic heterocycles. The Morgan fingerprint density at radius 1 is 1.22 bits per heavy atom. The van der Waals surface area contributed by atoms with Gasteiger partial charge in [0.05, 0.1) is 13.7 Å². The van der Waals surface area contributed by atoms with Crippen molar-refractivity contribution in [3.63, 3.8) is 0 Å². The maximum Gasteiger partial charge on any atom is 0.266 e. The van der Waals surface area contributed by atoms with Gasteiger partial charge in [0.25, 0.3) is 5.91 Å². The smallest absolute Gasteiger partial charge is 0.266 e. The Bertz CT molecular complexity index is 703. The highest BCUT2D eigenvalue weighted by Gasteiger charge is 2.26. The van der Waals surface area contributed by atoms with Crippen LogP contribution in [0.25, 0.3) is 0 Å². The minimum atomic E-state index is -0.172. The van der Waals surface area contributed by atoms with Gasteiger partial charge in [0.15, 0.2) is 18.2 Å². The maximum atomic E-state index is 12.0. The number of hydrogen-bond acceptors (Lipinski definition) is 6. The highest BCUT2D eigenvalue weighted by atomic mass is 16.5. The summed E-state index contributed by atoms with van der Waals surface area (Å²) in [6.07, 6.45) is 0. The summed E-state index contributed by atoms with van der Waals surface area (Å²) in [7, 11) is 1.61. The zero-order chi connectivity index (χ0) is 16.2. The summed E-state index contributed by atoms with van der Waals surface area (Å²) in [5.74, 6) is 2.60. The Kier molecular flexibility index (Phi) is 4.18. The first-order valence-corrected chi connectivity index (χ1v) is 7.14. The van der Waals surface area contributed by atoms with Gasteiger partial charge < -0.3 is 19.9 Å². The number of nitrogen functional groups attached to an aromatic ring is 1. The predicted molar refractivity (Wildman–Crippen MR) is 85.0 cm³/mol. The number of aromatic nitrogens is 1. The fourth-order valence-electron chi connectivity index (χ4n) is 2.25. The zero-order valence-electron chi connectivity index (χ0n) is 12.7. The first-order valence-electron chi connectivity index (χ1n) is 7.14. The van der Waals surface area contributed by atoms with Gasteiger partial charge in [-0.2, -0.15) is 0 Å². The quantitative estimate of drug-likeness (QED) is 0.899. The molecule has 1 amide bonds. The van der Waals surface area contributed by atoms with Gasteiger partial charge in [0.1, 0.15) is 23.9 Å². The van der Waals surface area contributed by atoms with E-state index in [1.54, 1.807) is 19.2 Å². The van der Waals surface area contributed by atoms with Crippen LogP contribution in [0.1, 0.15) is 0 Å². The van der Waals surface area contributed by atoms with Crippen LogP contribution in [0.5, 0.6) is 17.2 Å². The molecular weight excluding hydrogens is 298 g/mol. The van der Waals surface area contributed by atoms with Crippen LogP contribution in [0, 0.1) is 0 Å². The Morgan fingerprint density at radius 2 is 1.96 bits per heavy atom. The molecule has 1 aromatic carbocycles. The second kappa shape index (κ2) is 6.43. The Labute approximate surface area is 133 Å². The van der Waals surface area contributed by atoms with Crippen molar-refractivity contribution in [1.82, 2.24) is 4.98 Å². The van der Waals surface area contributed by atoms with Gasteiger partial charge >= 0.3 is 0 Å². The molecule has 23 heavy (non-hydrogen) atoms. The number of methoxy groups -OCH3 is 1. The Morgan fingerprint density at radius 3 is 2.70 bits per heavy atom. The first-order chi connectivity index (χ1) is 11.2. The highest BCUT2D eigenvalue weighted by molar-refractivity contribution is 5.96. The minimum absolute atomic E-state index is 0.0128. The van der Waals surface area contributed by atoms with E-state index in [9.17, 15) is 4.79 Å². The minimum Gasteiger partial charge on any atom is -0.497 e. The van der Waals surface area contributed by atoms with Crippen LogP contribution in [0.3, 0.4) is 0 Å². The molecule has 7 nitrogen and oxygen atoms in total. The van der Waals surface area contributed by atoms with E-state index >= 15 is 0 Å². The van der Waals surface area contributed by atoms with Crippen molar-refractivity contribution in [2.45, 2.75) is 0 Å². The summed E-state index contributed by atoms with van der Waals surface area (Å²) in [5, 5.41) is 0. The summed E-state index contributed by atoms with van der Waals surface area (Å²) in [6, 6.07) is 10.6. The van der Waals surface area contributed by atoms with E-state index in [2.05, 4.69) is 4.98 Å². The lowest BCUT2D eigenvalue weighted by atomic mass is 10.3. The van der Waals surface area contributed by atoms with Crippen LogP contribution >= 0.6 is 0 Å². The van der Waals surface area contributed by atoms with Crippen LogP contribution in [0.4, 0.5) is 11.6 Å². The lowest BCUT2D eigenvalue weighted by Gasteiger charge is -2.28. The third kappa shape index (κ3) is 3.28. The number of anilines is 2. The summed E-state index contributed by atoms with van der Waals surface area (Å²) < 4.78 is 16.1. The average Bonchev–Trinajstić information content (AvgIpc) is 2.57.